The minimum absolute atomic E-state index is 0.0770. The molecule has 2 atom stereocenters. The van der Waals surface area contributed by atoms with Gasteiger partial charge in [0.2, 0.25) is 5.91 Å². The van der Waals surface area contributed by atoms with Crippen LogP contribution >= 0.6 is 0 Å². The quantitative estimate of drug-likeness (QED) is 0.0660. The number of nitrogens with one attached hydrogen (secondary N) is 1. The Morgan fingerprint density at radius 1 is 0.605 bits per heavy atom. The van der Waals surface area contributed by atoms with Crippen molar-refractivity contribution < 1.29 is 15.0 Å². The highest BCUT2D eigenvalue weighted by atomic mass is 16.3. The monoisotopic (exact) mass is 535 g/mol. The third-order valence-electron chi connectivity index (χ3n) is 7.44. The summed E-state index contributed by atoms with van der Waals surface area (Å²) in [5.41, 5.74) is 0. The normalized spacial score (nSPS) is 13.5. The molecule has 0 aromatic rings. The summed E-state index contributed by atoms with van der Waals surface area (Å²) in [6.45, 7) is 4.26. The molecule has 0 aliphatic rings. The highest BCUT2D eigenvalue weighted by Gasteiger charge is 2.17. The van der Waals surface area contributed by atoms with Gasteiger partial charge in [-0.1, -0.05) is 154 Å². The van der Waals surface area contributed by atoms with Gasteiger partial charge in [-0.15, -0.1) is 0 Å². The fraction of sp³-hybridized carbons (Fsp3) is 0.853. The van der Waals surface area contributed by atoms with Crippen molar-refractivity contribution in [1.29, 1.82) is 0 Å². The molecule has 0 aromatic heterocycles. The molecule has 0 aliphatic heterocycles. The average Bonchev–Trinajstić information content (AvgIpc) is 2.92. The molecule has 0 unspecified atom stereocenters. The number of allylic oxidation sites excluding steroid dienone is 3. The molecule has 0 radical (unpaired) electrons. The Kier molecular flexibility index (Phi) is 29.5. The number of aliphatic hydroxyl groups excluding tert-OH is 2. The topological polar surface area (TPSA) is 69.6 Å². The van der Waals surface area contributed by atoms with E-state index in [0.717, 1.165) is 32.1 Å². The Morgan fingerprint density at radius 3 is 1.53 bits per heavy atom. The second-order valence-electron chi connectivity index (χ2n) is 11.2. The molecule has 4 nitrogen and oxygen atoms in total. The van der Waals surface area contributed by atoms with E-state index in [2.05, 4.69) is 31.3 Å². The molecule has 0 aromatic carbocycles. The fourth-order valence-electron chi connectivity index (χ4n) is 4.84. The van der Waals surface area contributed by atoms with Gasteiger partial charge in [0.05, 0.1) is 18.8 Å². The summed E-state index contributed by atoms with van der Waals surface area (Å²) in [6.07, 6.45) is 36.8. The number of hydrogen-bond donors (Lipinski definition) is 3. The van der Waals surface area contributed by atoms with Crippen molar-refractivity contribution in [2.75, 3.05) is 6.61 Å². The van der Waals surface area contributed by atoms with E-state index in [4.69, 9.17) is 0 Å². The van der Waals surface area contributed by atoms with E-state index in [0.29, 0.717) is 6.42 Å². The Bertz CT molecular complexity index is 546. The highest BCUT2D eigenvalue weighted by molar-refractivity contribution is 5.76. The van der Waals surface area contributed by atoms with Gasteiger partial charge in [-0.05, 0) is 32.1 Å². The zero-order valence-electron chi connectivity index (χ0n) is 25.4. The van der Waals surface area contributed by atoms with Crippen molar-refractivity contribution in [3.63, 3.8) is 0 Å². The molecular weight excluding hydrogens is 470 g/mol. The molecule has 0 saturated carbocycles. The number of amides is 1. The van der Waals surface area contributed by atoms with E-state index in [1.54, 1.807) is 6.08 Å². The molecule has 38 heavy (non-hydrogen) atoms. The van der Waals surface area contributed by atoms with Crippen LogP contribution in [0.1, 0.15) is 168 Å². The van der Waals surface area contributed by atoms with Crippen LogP contribution in [0.2, 0.25) is 0 Å². The first-order valence-corrected chi connectivity index (χ1v) is 16.6. The summed E-state index contributed by atoms with van der Waals surface area (Å²) in [5, 5.41) is 22.8. The first-order valence-electron chi connectivity index (χ1n) is 16.6. The maximum atomic E-state index is 12.2. The van der Waals surface area contributed by atoms with Crippen molar-refractivity contribution in [3.8, 4) is 0 Å². The Labute approximate surface area is 237 Å². The van der Waals surface area contributed by atoms with Gasteiger partial charge in [0.15, 0.2) is 0 Å². The van der Waals surface area contributed by atoms with Crippen molar-refractivity contribution in [2.24, 2.45) is 0 Å². The largest absolute Gasteiger partial charge is 0.394 e. The third-order valence-corrected chi connectivity index (χ3v) is 7.44. The van der Waals surface area contributed by atoms with Gasteiger partial charge in [-0.2, -0.15) is 0 Å². The second kappa shape index (κ2) is 30.4. The van der Waals surface area contributed by atoms with Crippen LogP contribution in [0.15, 0.2) is 24.3 Å². The zero-order chi connectivity index (χ0) is 27.9. The van der Waals surface area contributed by atoms with E-state index >= 15 is 0 Å². The first kappa shape index (κ1) is 36.9. The molecule has 0 saturated heterocycles. The molecule has 224 valence electrons. The van der Waals surface area contributed by atoms with E-state index in [-0.39, 0.29) is 12.5 Å². The molecule has 0 fully saturated rings. The predicted molar refractivity (Wildman–Crippen MR) is 165 cm³/mol. The van der Waals surface area contributed by atoms with Crippen LogP contribution in [-0.4, -0.2) is 34.9 Å². The number of carbonyl (C=O) groups is 1. The molecular formula is C34H65NO3. The number of unbranched alkanes of at least 4 members (excludes halogenated alkanes) is 20. The van der Waals surface area contributed by atoms with Crippen LogP contribution in [-0.2, 0) is 4.79 Å². The smallest absolute Gasteiger partial charge is 0.220 e. The lowest BCUT2D eigenvalue weighted by Gasteiger charge is -2.19. The summed E-state index contributed by atoms with van der Waals surface area (Å²) in [4.78, 5) is 12.2. The molecule has 3 N–H and O–H groups in total. The number of carbonyl (C=O) groups excluding carboxylic acids is 1. The molecule has 0 heterocycles. The van der Waals surface area contributed by atoms with Crippen LogP contribution in [0, 0.1) is 0 Å². The molecule has 0 bridgehead atoms. The SMILES string of the molecule is CCCCCCCCCCC/C=C/CC/C=C/[C@H](O)[C@H](CO)NC(=O)CCCCCCCCCCCCC. The number of rotatable bonds is 29. The average molecular weight is 536 g/mol. The highest BCUT2D eigenvalue weighted by Crippen LogP contribution is 2.13. The van der Waals surface area contributed by atoms with Crippen molar-refractivity contribution in [3.05, 3.63) is 24.3 Å². The lowest BCUT2D eigenvalue weighted by Crippen LogP contribution is -2.45. The first-order chi connectivity index (χ1) is 18.7. The van der Waals surface area contributed by atoms with Crippen LogP contribution < -0.4 is 5.32 Å². The lowest BCUT2D eigenvalue weighted by atomic mass is 10.0. The van der Waals surface area contributed by atoms with Gasteiger partial charge in [-0.3, -0.25) is 4.79 Å². The number of aliphatic hydroxyl groups is 2. The van der Waals surface area contributed by atoms with Gasteiger partial charge >= 0.3 is 0 Å². The standard InChI is InChI=1S/C34H65NO3/c1-3-5-7-9-11-13-15-16-17-18-20-21-23-25-27-29-33(37)32(31-36)35-34(38)30-28-26-24-22-19-14-12-10-8-6-4-2/h20-21,27,29,32-33,36-37H,3-19,22-26,28,30-31H2,1-2H3,(H,35,38)/b21-20+,29-27+/t32-,33-/m0/s1. The predicted octanol–water partition coefficient (Wildman–Crippen LogP) is 9.34. The minimum Gasteiger partial charge on any atom is -0.394 e. The Balaban J connectivity index is 3.71. The van der Waals surface area contributed by atoms with Gasteiger partial charge in [0.25, 0.3) is 0 Å². The fourth-order valence-corrected chi connectivity index (χ4v) is 4.84. The summed E-state index contributed by atoms with van der Waals surface area (Å²) < 4.78 is 0. The van der Waals surface area contributed by atoms with Crippen LogP contribution in [0.25, 0.3) is 0 Å². The van der Waals surface area contributed by atoms with Crippen molar-refractivity contribution in [1.82, 2.24) is 5.32 Å². The van der Waals surface area contributed by atoms with Crippen LogP contribution in [0.3, 0.4) is 0 Å². The maximum absolute atomic E-state index is 12.2. The Hall–Kier alpha value is -1.13. The molecule has 0 aliphatic carbocycles. The van der Waals surface area contributed by atoms with E-state index in [1.807, 2.05) is 6.08 Å². The summed E-state index contributed by atoms with van der Waals surface area (Å²) >= 11 is 0. The van der Waals surface area contributed by atoms with Gasteiger partial charge in [0, 0.05) is 6.42 Å². The maximum Gasteiger partial charge on any atom is 0.220 e. The van der Waals surface area contributed by atoms with Crippen LogP contribution in [0.4, 0.5) is 0 Å². The van der Waals surface area contributed by atoms with E-state index in [9.17, 15) is 15.0 Å². The molecule has 0 rings (SSSR count). The number of hydrogen-bond acceptors (Lipinski definition) is 3. The van der Waals surface area contributed by atoms with Crippen molar-refractivity contribution in [2.45, 2.75) is 180 Å². The molecule has 4 heteroatoms. The third kappa shape index (κ3) is 26.5. The van der Waals surface area contributed by atoms with Gasteiger partial charge < -0.3 is 15.5 Å². The van der Waals surface area contributed by atoms with Gasteiger partial charge in [-0.25, -0.2) is 0 Å². The second-order valence-corrected chi connectivity index (χ2v) is 11.2. The van der Waals surface area contributed by atoms with E-state index in [1.165, 1.54) is 116 Å². The zero-order valence-corrected chi connectivity index (χ0v) is 25.4. The Morgan fingerprint density at radius 2 is 1.03 bits per heavy atom. The summed E-state index contributed by atoms with van der Waals surface area (Å²) in [6, 6.07) is -0.631. The van der Waals surface area contributed by atoms with E-state index < -0.39 is 12.1 Å². The molecule has 1 amide bonds. The lowest BCUT2D eigenvalue weighted by molar-refractivity contribution is -0.123. The molecule has 0 spiro atoms. The van der Waals surface area contributed by atoms with Gasteiger partial charge in [0.1, 0.15) is 0 Å². The summed E-state index contributed by atoms with van der Waals surface area (Å²) in [7, 11) is 0. The summed E-state index contributed by atoms with van der Waals surface area (Å²) in [5.74, 6) is -0.0770. The minimum atomic E-state index is -0.854. The van der Waals surface area contributed by atoms with Crippen molar-refractivity contribution >= 4 is 5.91 Å². The van der Waals surface area contributed by atoms with Crippen LogP contribution in [0.5, 0.6) is 0 Å².